The van der Waals surface area contributed by atoms with E-state index in [0.717, 1.165) is 35.5 Å². The third-order valence-electron chi connectivity index (χ3n) is 3.34. The highest BCUT2D eigenvalue weighted by atomic mass is 15.3. The summed E-state index contributed by atoms with van der Waals surface area (Å²) in [5, 5.41) is 8.74. The van der Waals surface area contributed by atoms with Gasteiger partial charge in [0.05, 0.1) is 17.9 Å². The molecule has 98 valence electrons. The van der Waals surface area contributed by atoms with Crippen LogP contribution in [0.5, 0.6) is 0 Å². The van der Waals surface area contributed by atoms with Gasteiger partial charge in [0, 0.05) is 36.6 Å². The van der Waals surface area contributed by atoms with E-state index < -0.39 is 0 Å². The van der Waals surface area contributed by atoms with Crippen molar-refractivity contribution in [3.05, 3.63) is 34.9 Å². The van der Waals surface area contributed by atoms with Crippen molar-refractivity contribution >= 4 is 0 Å². The molecule has 2 N–H and O–H groups in total. The first-order chi connectivity index (χ1) is 8.54. The van der Waals surface area contributed by atoms with E-state index in [0.29, 0.717) is 0 Å². The minimum atomic E-state index is -0.149. The lowest BCUT2D eigenvalue weighted by molar-refractivity contribution is 0.602. The number of hydrogen-bond acceptors (Lipinski definition) is 3. The van der Waals surface area contributed by atoms with Gasteiger partial charge in [-0.05, 0) is 20.3 Å². The van der Waals surface area contributed by atoms with Crippen molar-refractivity contribution in [1.29, 1.82) is 0 Å². The van der Waals surface area contributed by atoms with Gasteiger partial charge in [-0.25, -0.2) is 0 Å². The average Bonchev–Trinajstić information content (AvgIpc) is 2.86. The number of nitrogens with two attached hydrogens (primary N) is 1. The van der Waals surface area contributed by atoms with Gasteiger partial charge >= 0.3 is 0 Å². The smallest absolute Gasteiger partial charge is 0.0647 e. The Kier molecular flexibility index (Phi) is 3.52. The zero-order valence-corrected chi connectivity index (χ0v) is 11.5. The number of aromatic nitrogens is 4. The van der Waals surface area contributed by atoms with Crippen LogP contribution in [0.2, 0.25) is 0 Å². The second kappa shape index (κ2) is 4.94. The maximum absolute atomic E-state index is 6.33. The summed E-state index contributed by atoms with van der Waals surface area (Å²) in [5.41, 5.74) is 10.6. The van der Waals surface area contributed by atoms with Gasteiger partial charge in [0.25, 0.3) is 0 Å². The highest BCUT2D eigenvalue weighted by molar-refractivity contribution is 5.34. The number of nitrogens with zero attached hydrogens (tertiary/aromatic N) is 4. The molecule has 0 aliphatic carbocycles. The average molecular weight is 247 g/mol. The van der Waals surface area contributed by atoms with Gasteiger partial charge in [-0.2, -0.15) is 10.2 Å². The lowest BCUT2D eigenvalue weighted by Crippen LogP contribution is -2.13. The molecule has 1 atom stereocenters. The van der Waals surface area contributed by atoms with Crippen LogP contribution in [0.1, 0.15) is 41.9 Å². The molecular weight excluding hydrogens is 226 g/mol. The molecule has 0 amide bonds. The predicted octanol–water partition coefficient (Wildman–Crippen LogP) is 1.69. The zero-order valence-electron chi connectivity index (χ0n) is 11.5. The maximum Gasteiger partial charge on any atom is 0.0647 e. The summed E-state index contributed by atoms with van der Waals surface area (Å²) in [6.07, 6.45) is 4.95. The fourth-order valence-corrected chi connectivity index (χ4v) is 2.30. The minimum absolute atomic E-state index is 0.149. The summed E-state index contributed by atoms with van der Waals surface area (Å²) in [4.78, 5) is 0. The minimum Gasteiger partial charge on any atom is -0.320 e. The van der Waals surface area contributed by atoms with Crippen LogP contribution < -0.4 is 5.73 Å². The van der Waals surface area contributed by atoms with E-state index in [1.165, 1.54) is 0 Å². The van der Waals surface area contributed by atoms with E-state index in [1.807, 2.05) is 42.7 Å². The molecule has 2 aromatic heterocycles. The van der Waals surface area contributed by atoms with Crippen molar-refractivity contribution in [3.63, 3.8) is 0 Å². The van der Waals surface area contributed by atoms with E-state index in [-0.39, 0.29) is 6.04 Å². The third-order valence-corrected chi connectivity index (χ3v) is 3.34. The first kappa shape index (κ1) is 12.8. The Bertz CT molecular complexity index is 538. The molecule has 0 bridgehead atoms. The molecule has 0 fully saturated rings. The highest BCUT2D eigenvalue weighted by Gasteiger charge is 2.19. The monoisotopic (exact) mass is 247 g/mol. The van der Waals surface area contributed by atoms with Crippen LogP contribution in [-0.2, 0) is 13.6 Å². The SMILES string of the molecule is CCCn1cc(C(N)c2c(C)nn(C)c2C)cn1. The van der Waals surface area contributed by atoms with Crippen LogP contribution in [0.25, 0.3) is 0 Å². The molecule has 18 heavy (non-hydrogen) atoms. The Hall–Kier alpha value is -1.62. The molecule has 5 heteroatoms. The van der Waals surface area contributed by atoms with E-state index in [2.05, 4.69) is 17.1 Å². The van der Waals surface area contributed by atoms with Gasteiger partial charge in [-0.1, -0.05) is 6.92 Å². The molecule has 0 spiro atoms. The Morgan fingerprint density at radius 2 is 2.11 bits per heavy atom. The second-order valence-electron chi connectivity index (χ2n) is 4.72. The zero-order chi connectivity index (χ0) is 13.3. The molecular formula is C13H21N5. The second-order valence-corrected chi connectivity index (χ2v) is 4.72. The number of aryl methyl sites for hydroxylation is 3. The largest absolute Gasteiger partial charge is 0.320 e. The van der Waals surface area contributed by atoms with Gasteiger partial charge in [0.1, 0.15) is 0 Å². The van der Waals surface area contributed by atoms with Crippen LogP contribution in [0, 0.1) is 13.8 Å². The van der Waals surface area contributed by atoms with Gasteiger partial charge in [-0.3, -0.25) is 9.36 Å². The van der Waals surface area contributed by atoms with Gasteiger partial charge < -0.3 is 5.73 Å². The Balaban J connectivity index is 2.32. The molecule has 1 unspecified atom stereocenters. The Morgan fingerprint density at radius 3 is 2.67 bits per heavy atom. The molecule has 0 aliphatic heterocycles. The Labute approximate surface area is 108 Å². The van der Waals surface area contributed by atoms with Crippen molar-refractivity contribution in [2.24, 2.45) is 12.8 Å². The van der Waals surface area contributed by atoms with Gasteiger partial charge in [-0.15, -0.1) is 0 Å². The van der Waals surface area contributed by atoms with Crippen LogP contribution in [-0.4, -0.2) is 19.6 Å². The highest BCUT2D eigenvalue weighted by Crippen LogP contribution is 2.24. The third kappa shape index (κ3) is 2.18. The first-order valence-corrected chi connectivity index (χ1v) is 6.32. The summed E-state index contributed by atoms with van der Waals surface area (Å²) in [5.74, 6) is 0. The summed E-state index contributed by atoms with van der Waals surface area (Å²) in [6, 6.07) is -0.149. The molecule has 5 nitrogen and oxygen atoms in total. The normalized spacial score (nSPS) is 12.9. The predicted molar refractivity (Wildman–Crippen MR) is 71.2 cm³/mol. The lowest BCUT2D eigenvalue weighted by Gasteiger charge is -2.10. The van der Waals surface area contributed by atoms with Crippen LogP contribution in [0.15, 0.2) is 12.4 Å². The lowest BCUT2D eigenvalue weighted by atomic mass is 10.0. The van der Waals surface area contributed by atoms with Crippen molar-refractivity contribution in [2.75, 3.05) is 0 Å². The van der Waals surface area contributed by atoms with Gasteiger partial charge in [0.2, 0.25) is 0 Å². The molecule has 0 aromatic carbocycles. The number of rotatable bonds is 4. The molecule has 2 heterocycles. The number of hydrogen-bond donors (Lipinski definition) is 1. The van der Waals surface area contributed by atoms with E-state index in [4.69, 9.17) is 5.73 Å². The standard InChI is InChI=1S/C13H21N5/c1-5-6-18-8-11(7-15-18)13(14)12-9(2)16-17(4)10(12)3/h7-8,13H,5-6,14H2,1-4H3. The van der Waals surface area contributed by atoms with Crippen molar-refractivity contribution in [1.82, 2.24) is 19.6 Å². The molecule has 2 aromatic rings. The van der Waals surface area contributed by atoms with Crippen molar-refractivity contribution in [2.45, 2.75) is 39.8 Å². The maximum atomic E-state index is 6.33. The summed E-state index contributed by atoms with van der Waals surface area (Å²) in [7, 11) is 1.94. The Morgan fingerprint density at radius 1 is 1.39 bits per heavy atom. The molecule has 0 aliphatic rings. The van der Waals surface area contributed by atoms with E-state index >= 15 is 0 Å². The summed E-state index contributed by atoms with van der Waals surface area (Å²) in [6.45, 7) is 7.11. The van der Waals surface area contributed by atoms with Crippen LogP contribution in [0.4, 0.5) is 0 Å². The first-order valence-electron chi connectivity index (χ1n) is 6.32. The van der Waals surface area contributed by atoms with Gasteiger partial charge in [0.15, 0.2) is 0 Å². The quantitative estimate of drug-likeness (QED) is 0.894. The topological polar surface area (TPSA) is 61.7 Å². The molecule has 2 rings (SSSR count). The molecule has 0 radical (unpaired) electrons. The summed E-state index contributed by atoms with van der Waals surface area (Å²) < 4.78 is 3.82. The van der Waals surface area contributed by atoms with E-state index in [9.17, 15) is 0 Å². The fourth-order valence-electron chi connectivity index (χ4n) is 2.30. The van der Waals surface area contributed by atoms with Crippen LogP contribution >= 0.6 is 0 Å². The van der Waals surface area contributed by atoms with E-state index in [1.54, 1.807) is 0 Å². The van der Waals surface area contributed by atoms with Crippen molar-refractivity contribution < 1.29 is 0 Å². The summed E-state index contributed by atoms with van der Waals surface area (Å²) >= 11 is 0. The van der Waals surface area contributed by atoms with Crippen molar-refractivity contribution in [3.8, 4) is 0 Å². The van der Waals surface area contributed by atoms with Crippen LogP contribution in [0.3, 0.4) is 0 Å². The molecule has 0 saturated carbocycles. The fraction of sp³-hybridized carbons (Fsp3) is 0.538. The molecule has 0 saturated heterocycles.